The Kier molecular flexibility index (Phi) is 5.23. The van der Waals surface area contributed by atoms with E-state index in [1.165, 1.54) is 6.20 Å². The van der Waals surface area contributed by atoms with Gasteiger partial charge in [0.25, 0.3) is 5.91 Å². The third-order valence-electron chi connectivity index (χ3n) is 4.03. The summed E-state index contributed by atoms with van der Waals surface area (Å²) >= 11 is 0. The Morgan fingerprint density at radius 3 is 2.84 bits per heavy atom. The third-order valence-corrected chi connectivity index (χ3v) is 4.03. The molecule has 0 saturated carbocycles. The Hall–Kier alpha value is -2.96. The van der Waals surface area contributed by atoms with Crippen molar-refractivity contribution in [3.05, 3.63) is 54.1 Å². The largest absolute Gasteiger partial charge is 0.452 e. The van der Waals surface area contributed by atoms with Crippen molar-refractivity contribution >= 4 is 11.9 Å². The summed E-state index contributed by atoms with van der Waals surface area (Å²) in [6.45, 7) is 2.21. The van der Waals surface area contributed by atoms with Crippen molar-refractivity contribution in [2.24, 2.45) is 0 Å². The molecule has 25 heavy (non-hydrogen) atoms. The van der Waals surface area contributed by atoms with E-state index in [9.17, 15) is 9.59 Å². The molecule has 7 nitrogen and oxygen atoms in total. The number of rotatable bonds is 6. The van der Waals surface area contributed by atoms with Gasteiger partial charge < -0.3 is 9.64 Å². The van der Waals surface area contributed by atoms with Gasteiger partial charge in [-0.25, -0.2) is 14.5 Å². The fourth-order valence-corrected chi connectivity index (χ4v) is 2.77. The first-order valence-electron chi connectivity index (χ1n) is 8.31. The van der Waals surface area contributed by atoms with Gasteiger partial charge in [0.2, 0.25) is 0 Å². The molecule has 0 atom stereocenters. The summed E-state index contributed by atoms with van der Waals surface area (Å²) in [6.07, 6.45) is 9.85. The molecular formula is C18H20N4O3. The first-order valence-corrected chi connectivity index (χ1v) is 8.31. The van der Waals surface area contributed by atoms with Crippen LogP contribution in [0, 0.1) is 0 Å². The van der Waals surface area contributed by atoms with E-state index < -0.39 is 5.97 Å². The minimum absolute atomic E-state index is 0.204. The number of carbonyl (C=O) groups is 2. The average molecular weight is 340 g/mol. The Labute approximate surface area is 145 Å². The summed E-state index contributed by atoms with van der Waals surface area (Å²) in [4.78, 5) is 30.3. The topological polar surface area (TPSA) is 77.3 Å². The number of allylic oxidation sites excluding steroid dienone is 2. The van der Waals surface area contributed by atoms with Gasteiger partial charge in [0, 0.05) is 30.8 Å². The number of hydrogen-bond donors (Lipinski definition) is 0. The molecule has 0 spiro atoms. The Morgan fingerprint density at radius 2 is 2.24 bits per heavy atom. The number of aromatic nitrogens is 3. The average Bonchev–Trinajstić information content (AvgIpc) is 3.34. The van der Waals surface area contributed by atoms with Crippen molar-refractivity contribution < 1.29 is 14.3 Å². The second-order valence-corrected chi connectivity index (χ2v) is 5.66. The Bertz CT molecular complexity index is 766. The molecule has 1 aliphatic rings. The highest BCUT2D eigenvalue weighted by Crippen LogP contribution is 2.21. The van der Waals surface area contributed by atoms with E-state index in [0.717, 1.165) is 25.0 Å². The standard InChI is InChI=1S/C18H20N4O3/c1-2-21(15-6-3-4-7-15)17(23)13-25-18(24)14-8-9-16(19-12-14)22-11-5-10-20-22/h5-6,8-12H,2-4,7,13H2,1H3. The molecule has 0 aliphatic heterocycles. The highest BCUT2D eigenvalue weighted by molar-refractivity contribution is 5.91. The molecule has 0 saturated heterocycles. The van der Waals surface area contributed by atoms with E-state index in [2.05, 4.69) is 16.2 Å². The molecule has 1 amide bonds. The van der Waals surface area contributed by atoms with Crippen molar-refractivity contribution in [1.29, 1.82) is 0 Å². The zero-order valence-corrected chi connectivity index (χ0v) is 14.1. The van der Waals surface area contributed by atoms with Crippen molar-refractivity contribution in [1.82, 2.24) is 19.7 Å². The van der Waals surface area contributed by atoms with Crippen LogP contribution in [0.3, 0.4) is 0 Å². The highest BCUT2D eigenvalue weighted by Gasteiger charge is 2.20. The lowest BCUT2D eigenvalue weighted by Crippen LogP contribution is -2.33. The van der Waals surface area contributed by atoms with Gasteiger partial charge >= 0.3 is 5.97 Å². The minimum atomic E-state index is -0.565. The van der Waals surface area contributed by atoms with Gasteiger partial charge in [-0.05, 0) is 44.4 Å². The summed E-state index contributed by atoms with van der Waals surface area (Å²) in [5.74, 6) is -0.169. The predicted octanol–water partition coefficient (Wildman–Crippen LogP) is 2.34. The van der Waals surface area contributed by atoms with E-state index in [1.807, 2.05) is 6.92 Å². The quantitative estimate of drug-likeness (QED) is 0.754. The second-order valence-electron chi connectivity index (χ2n) is 5.66. The molecule has 3 rings (SSSR count). The van der Waals surface area contributed by atoms with Crippen LogP contribution in [0.25, 0.3) is 5.82 Å². The minimum Gasteiger partial charge on any atom is -0.452 e. The lowest BCUT2D eigenvalue weighted by atomic mass is 10.3. The van der Waals surface area contributed by atoms with Crippen molar-refractivity contribution in [3.63, 3.8) is 0 Å². The van der Waals surface area contributed by atoms with Gasteiger partial charge in [0.1, 0.15) is 0 Å². The van der Waals surface area contributed by atoms with Gasteiger partial charge in [-0.1, -0.05) is 6.08 Å². The van der Waals surface area contributed by atoms with Crippen molar-refractivity contribution in [2.45, 2.75) is 26.2 Å². The number of esters is 1. The zero-order chi connectivity index (χ0) is 17.6. The molecule has 7 heteroatoms. The molecule has 0 aromatic carbocycles. The smallest absolute Gasteiger partial charge is 0.340 e. The van der Waals surface area contributed by atoms with E-state index in [4.69, 9.17) is 4.74 Å². The van der Waals surface area contributed by atoms with E-state index in [1.54, 1.807) is 40.2 Å². The third kappa shape index (κ3) is 3.93. The fraction of sp³-hybridized carbons (Fsp3) is 0.333. The molecule has 130 valence electrons. The first-order chi connectivity index (χ1) is 12.2. The van der Waals surface area contributed by atoms with Crippen LogP contribution in [0.5, 0.6) is 0 Å². The molecule has 2 aromatic rings. The number of pyridine rings is 1. The van der Waals surface area contributed by atoms with Crippen LogP contribution < -0.4 is 0 Å². The van der Waals surface area contributed by atoms with E-state index in [0.29, 0.717) is 17.9 Å². The normalized spacial score (nSPS) is 13.4. The lowest BCUT2D eigenvalue weighted by molar-refractivity contribution is -0.132. The molecule has 0 unspecified atom stereocenters. The summed E-state index contributed by atoms with van der Waals surface area (Å²) in [5, 5.41) is 4.07. The number of hydrogen-bond acceptors (Lipinski definition) is 5. The molecule has 2 heterocycles. The maximum atomic E-state index is 12.3. The monoisotopic (exact) mass is 340 g/mol. The van der Waals surface area contributed by atoms with Crippen molar-refractivity contribution in [3.8, 4) is 5.82 Å². The number of nitrogens with zero attached hydrogens (tertiary/aromatic N) is 4. The molecule has 0 bridgehead atoms. The van der Waals surface area contributed by atoms with Gasteiger partial charge in [-0.15, -0.1) is 0 Å². The molecule has 2 aromatic heterocycles. The number of ether oxygens (including phenoxy) is 1. The predicted molar refractivity (Wildman–Crippen MR) is 91.0 cm³/mol. The number of carbonyl (C=O) groups excluding carboxylic acids is 2. The first kappa shape index (κ1) is 16.9. The van der Waals surface area contributed by atoms with Gasteiger partial charge in [0.15, 0.2) is 12.4 Å². The molecule has 0 N–H and O–H groups in total. The molecule has 1 aliphatic carbocycles. The summed E-state index contributed by atoms with van der Waals surface area (Å²) in [5.41, 5.74) is 1.32. The molecule has 0 fully saturated rings. The number of amides is 1. The summed E-state index contributed by atoms with van der Waals surface area (Å²) in [6, 6.07) is 5.07. The van der Waals surface area contributed by atoms with E-state index in [-0.39, 0.29) is 12.5 Å². The van der Waals surface area contributed by atoms with Crippen LogP contribution in [0.2, 0.25) is 0 Å². The van der Waals surface area contributed by atoms with Crippen LogP contribution >= 0.6 is 0 Å². The van der Waals surface area contributed by atoms with Crippen molar-refractivity contribution in [2.75, 3.05) is 13.2 Å². The highest BCUT2D eigenvalue weighted by atomic mass is 16.5. The van der Waals surface area contributed by atoms with Gasteiger partial charge in [-0.2, -0.15) is 5.10 Å². The van der Waals surface area contributed by atoms with Gasteiger partial charge in [-0.3, -0.25) is 4.79 Å². The Morgan fingerprint density at radius 1 is 1.36 bits per heavy atom. The van der Waals surface area contributed by atoms with Crippen LogP contribution in [0.1, 0.15) is 36.5 Å². The van der Waals surface area contributed by atoms with E-state index >= 15 is 0 Å². The van der Waals surface area contributed by atoms with Crippen LogP contribution in [0.4, 0.5) is 0 Å². The zero-order valence-electron chi connectivity index (χ0n) is 14.1. The Balaban J connectivity index is 1.57. The summed E-state index contributed by atoms with van der Waals surface area (Å²) < 4.78 is 6.73. The van der Waals surface area contributed by atoms with Crippen LogP contribution in [-0.2, 0) is 9.53 Å². The maximum absolute atomic E-state index is 12.3. The molecular weight excluding hydrogens is 320 g/mol. The van der Waals surface area contributed by atoms with Crippen LogP contribution in [-0.4, -0.2) is 44.7 Å². The number of likely N-dealkylation sites (N-methyl/N-ethyl adjacent to an activating group) is 1. The SMILES string of the molecule is CCN(C(=O)COC(=O)c1ccc(-n2cccn2)nc1)C1=CCCC1. The molecule has 0 radical (unpaired) electrons. The summed E-state index contributed by atoms with van der Waals surface area (Å²) in [7, 11) is 0. The maximum Gasteiger partial charge on any atom is 0.340 e. The second kappa shape index (κ2) is 7.74. The lowest BCUT2D eigenvalue weighted by Gasteiger charge is -2.22. The van der Waals surface area contributed by atoms with Gasteiger partial charge in [0.05, 0.1) is 5.56 Å². The van der Waals surface area contributed by atoms with Crippen LogP contribution in [0.15, 0.2) is 48.6 Å². The fourth-order valence-electron chi connectivity index (χ4n) is 2.77.